The van der Waals surface area contributed by atoms with Crippen molar-refractivity contribution in [2.24, 2.45) is 5.41 Å². The van der Waals surface area contributed by atoms with Crippen LogP contribution >= 0.6 is 0 Å². The standard InChI is InChI=1S/C14H24N2O3/c1-14(13(18)19)8-5-7-11(14)16-12(17)10-6-3-2-4-9-15-10/h10-11,15H,2-9H2,1H3,(H,16,17)(H,18,19). The lowest BCUT2D eigenvalue weighted by atomic mass is 9.84. The summed E-state index contributed by atoms with van der Waals surface area (Å²) in [5, 5.41) is 15.6. The maximum absolute atomic E-state index is 12.3. The number of aliphatic carboxylic acids is 1. The van der Waals surface area contributed by atoms with E-state index >= 15 is 0 Å². The van der Waals surface area contributed by atoms with Crippen LogP contribution in [0.25, 0.3) is 0 Å². The van der Waals surface area contributed by atoms with E-state index in [9.17, 15) is 14.7 Å². The van der Waals surface area contributed by atoms with Crippen molar-refractivity contribution < 1.29 is 14.7 Å². The molecule has 19 heavy (non-hydrogen) atoms. The molecule has 0 bridgehead atoms. The highest BCUT2D eigenvalue weighted by atomic mass is 16.4. The molecule has 2 aliphatic rings. The van der Waals surface area contributed by atoms with Crippen LogP contribution in [0.2, 0.25) is 0 Å². The maximum atomic E-state index is 12.3. The number of carboxylic acids is 1. The molecule has 1 aliphatic heterocycles. The van der Waals surface area contributed by atoms with Crippen LogP contribution < -0.4 is 10.6 Å². The second kappa shape index (κ2) is 5.90. The molecule has 108 valence electrons. The van der Waals surface area contributed by atoms with Gasteiger partial charge in [0.25, 0.3) is 0 Å². The summed E-state index contributed by atoms with van der Waals surface area (Å²) in [6, 6.07) is -0.385. The average molecular weight is 268 g/mol. The molecule has 1 amide bonds. The van der Waals surface area contributed by atoms with Gasteiger partial charge in [-0.05, 0) is 39.2 Å². The largest absolute Gasteiger partial charge is 0.481 e. The fourth-order valence-electron chi connectivity index (χ4n) is 3.18. The summed E-state index contributed by atoms with van der Waals surface area (Å²) in [7, 11) is 0. The molecule has 3 N–H and O–H groups in total. The smallest absolute Gasteiger partial charge is 0.311 e. The quantitative estimate of drug-likeness (QED) is 0.720. The third kappa shape index (κ3) is 3.08. The number of carboxylic acid groups (broad SMARTS) is 1. The van der Waals surface area contributed by atoms with Crippen LogP contribution in [0.5, 0.6) is 0 Å². The molecule has 3 atom stereocenters. The molecule has 0 aromatic carbocycles. The van der Waals surface area contributed by atoms with Crippen molar-refractivity contribution >= 4 is 11.9 Å². The van der Waals surface area contributed by atoms with E-state index in [-0.39, 0.29) is 18.0 Å². The highest BCUT2D eigenvalue weighted by Crippen LogP contribution is 2.38. The third-order valence-corrected chi connectivity index (χ3v) is 4.64. The number of hydrogen-bond acceptors (Lipinski definition) is 3. The van der Waals surface area contributed by atoms with Gasteiger partial charge in [-0.15, -0.1) is 0 Å². The minimum atomic E-state index is -0.805. The highest BCUT2D eigenvalue weighted by Gasteiger charge is 2.46. The lowest BCUT2D eigenvalue weighted by Gasteiger charge is -2.29. The molecule has 0 radical (unpaired) electrons. The summed E-state index contributed by atoms with van der Waals surface area (Å²) >= 11 is 0. The molecule has 5 heteroatoms. The molecule has 2 fully saturated rings. The topological polar surface area (TPSA) is 78.4 Å². The Bertz CT molecular complexity index is 351. The van der Waals surface area contributed by atoms with Gasteiger partial charge in [0, 0.05) is 6.04 Å². The summed E-state index contributed by atoms with van der Waals surface area (Å²) in [5.41, 5.74) is -0.805. The van der Waals surface area contributed by atoms with Gasteiger partial charge in [0.2, 0.25) is 5.91 Å². The van der Waals surface area contributed by atoms with Gasteiger partial charge in [-0.1, -0.05) is 19.3 Å². The molecule has 0 aromatic rings. The fourth-order valence-corrected chi connectivity index (χ4v) is 3.18. The molecule has 1 saturated carbocycles. The molecule has 2 rings (SSSR count). The van der Waals surface area contributed by atoms with Gasteiger partial charge in [0.15, 0.2) is 0 Å². The first-order chi connectivity index (χ1) is 9.04. The monoisotopic (exact) mass is 268 g/mol. The number of carbonyl (C=O) groups is 2. The zero-order valence-corrected chi connectivity index (χ0v) is 11.6. The van der Waals surface area contributed by atoms with Gasteiger partial charge < -0.3 is 15.7 Å². The van der Waals surface area contributed by atoms with E-state index in [4.69, 9.17) is 0 Å². The fraction of sp³-hybridized carbons (Fsp3) is 0.857. The SMILES string of the molecule is CC1(C(=O)O)CCCC1NC(=O)C1CCCCCN1. The summed E-state index contributed by atoms with van der Waals surface area (Å²) < 4.78 is 0. The Balaban J connectivity index is 1.96. The Morgan fingerprint density at radius 3 is 2.74 bits per heavy atom. The summed E-state index contributed by atoms with van der Waals surface area (Å²) in [6.45, 7) is 2.62. The first kappa shape index (κ1) is 14.3. The number of nitrogens with one attached hydrogen (secondary N) is 2. The number of carbonyl (C=O) groups excluding carboxylic acids is 1. The van der Waals surface area contributed by atoms with E-state index in [2.05, 4.69) is 10.6 Å². The van der Waals surface area contributed by atoms with Crippen molar-refractivity contribution in [1.82, 2.24) is 10.6 Å². The van der Waals surface area contributed by atoms with Gasteiger partial charge >= 0.3 is 5.97 Å². The van der Waals surface area contributed by atoms with Gasteiger partial charge in [0.1, 0.15) is 0 Å². The molecular formula is C14H24N2O3. The second-order valence-electron chi connectivity index (χ2n) is 6.03. The first-order valence-corrected chi connectivity index (χ1v) is 7.31. The van der Waals surface area contributed by atoms with Crippen LogP contribution in [0.4, 0.5) is 0 Å². The minimum Gasteiger partial charge on any atom is -0.481 e. The van der Waals surface area contributed by atoms with Gasteiger partial charge in [-0.2, -0.15) is 0 Å². The Labute approximate surface area is 114 Å². The van der Waals surface area contributed by atoms with E-state index in [0.29, 0.717) is 6.42 Å². The van der Waals surface area contributed by atoms with Gasteiger partial charge in [-0.25, -0.2) is 0 Å². The summed E-state index contributed by atoms with van der Waals surface area (Å²) in [4.78, 5) is 23.6. The normalized spacial score (nSPS) is 35.6. The molecule has 1 saturated heterocycles. The third-order valence-electron chi connectivity index (χ3n) is 4.64. The second-order valence-corrected chi connectivity index (χ2v) is 6.03. The molecule has 3 unspecified atom stereocenters. The number of hydrogen-bond donors (Lipinski definition) is 3. The van der Waals surface area contributed by atoms with Gasteiger partial charge in [-0.3, -0.25) is 9.59 Å². The van der Waals surface area contributed by atoms with Crippen LogP contribution in [0.15, 0.2) is 0 Å². The van der Waals surface area contributed by atoms with Crippen molar-refractivity contribution in [3.05, 3.63) is 0 Å². The highest BCUT2D eigenvalue weighted by molar-refractivity contribution is 5.84. The Morgan fingerprint density at radius 1 is 1.21 bits per heavy atom. The van der Waals surface area contributed by atoms with Crippen LogP contribution in [-0.4, -0.2) is 35.6 Å². The molecular weight excluding hydrogens is 244 g/mol. The average Bonchev–Trinajstić information content (AvgIpc) is 2.61. The minimum absolute atomic E-state index is 0.0266. The first-order valence-electron chi connectivity index (χ1n) is 7.31. The predicted molar refractivity (Wildman–Crippen MR) is 71.8 cm³/mol. The van der Waals surface area contributed by atoms with E-state index in [1.165, 1.54) is 0 Å². The Kier molecular flexibility index (Phi) is 4.45. The molecule has 1 heterocycles. The van der Waals surface area contributed by atoms with Crippen molar-refractivity contribution in [3.63, 3.8) is 0 Å². The van der Waals surface area contributed by atoms with Crippen molar-refractivity contribution in [3.8, 4) is 0 Å². The van der Waals surface area contributed by atoms with Crippen LogP contribution in [0.1, 0.15) is 51.9 Å². The summed E-state index contributed by atoms with van der Waals surface area (Å²) in [5.74, 6) is -0.828. The number of rotatable bonds is 3. The molecule has 1 aliphatic carbocycles. The molecule has 5 nitrogen and oxygen atoms in total. The molecule has 0 spiro atoms. The van der Waals surface area contributed by atoms with Gasteiger partial charge in [0.05, 0.1) is 11.5 Å². The lowest BCUT2D eigenvalue weighted by Crippen LogP contribution is -2.52. The molecule has 0 aromatic heterocycles. The predicted octanol–water partition coefficient (Wildman–Crippen LogP) is 1.28. The number of amides is 1. The van der Waals surface area contributed by atoms with E-state index in [1.807, 2.05) is 0 Å². The van der Waals surface area contributed by atoms with Crippen molar-refractivity contribution in [1.29, 1.82) is 0 Å². The van der Waals surface area contributed by atoms with Crippen molar-refractivity contribution in [2.75, 3.05) is 6.54 Å². The van der Waals surface area contributed by atoms with Crippen molar-refractivity contribution in [2.45, 2.75) is 64.0 Å². The maximum Gasteiger partial charge on any atom is 0.311 e. The zero-order chi connectivity index (χ0) is 13.9. The zero-order valence-electron chi connectivity index (χ0n) is 11.6. The Hall–Kier alpha value is -1.10. The van der Waals surface area contributed by atoms with Crippen LogP contribution in [-0.2, 0) is 9.59 Å². The van der Waals surface area contributed by atoms with Crippen LogP contribution in [0, 0.1) is 5.41 Å². The Morgan fingerprint density at radius 2 is 2.00 bits per heavy atom. The van der Waals surface area contributed by atoms with Crippen LogP contribution in [0.3, 0.4) is 0 Å². The van der Waals surface area contributed by atoms with E-state index in [0.717, 1.165) is 45.1 Å². The lowest BCUT2D eigenvalue weighted by molar-refractivity contribution is -0.149. The van der Waals surface area contributed by atoms with E-state index < -0.39 is 11.4 Å². The van der Waals surface area contributed by atoms with E-state index in [1.54, 1.807) is 6.92 Å². The summed E-state index contributed by atoms with van der Waals surface area (Å²) in [6.07, 6.45) is 6.46.